The third-order valence-electron chi connectivity index (χ3n) is 2.76. The lowest BCUT2D eigenvalue weighted by atomic mass is 9.87. The van der Waals surface area contributed by atoms with E-state index in [0.717, 1.165) is 41.3 Å². The average Bonchev–Trinajstić information content (AvgIpc) is 2.64. The van der Waals surface area contributed by atoms with Crippen LogP contribution in [0.3, 0.4) is 0 Å². The number of hydrogen-bond acceptors (Lipinski definition) is 5. The van der Waals surface area contributed by atoms with Crippen molar-refractivity contribution in [2.75, 3.05) is 11.9 Å². The summed E-state index contributed by atoms with van der Waals surface area (Å²) < 4.78 is 0.809. The molecule has 2 N–H and O–H groups in total. The fraction of sp³-hybridized carbons (Fsp3) is 0.778. The Morgan fingerprint density at radius 2 is 2.07 bits per heavy atom. The first kappa shape index (κ1) is 11.3. The zero-order chi connectivity index (χ0) is 10.7. The van der Waals surface area contributed by atoms with Crippen molar-refractivity contribution in [3.05, 3.63) is 3.92 Å². The van der Waals surface area contributed by atoms with Gasteiger partial charge < -0.3 is 10.4 Å². The van der Waals surface area contributed by atoms with Crippen LogP contribution in [-0.2, 0) is 0 Å². The van der Waals surface area contributed by atoms with E-state index in [0.29, 0.717) is 5.92 Å². The van der Waals surface area contributed by atoms with Gasteiger partial charge >= 0.3 is 0 Å². The summed E-state index contributed by atoms with van der Waals surface area (Å²) in [5.41, 5.74) is 0. The minimum Gasteiger partial charge on any atom is -0.393 e. The van der Waals surface area contributed by atoms with E-state index < -0.39 is 0 Å². The van der Waals surface area contributed by atoms with E-state index in [2.05, 4.69) is 31.4 Å². The highest BCUT2D eigenvalue weighted by Gasteiger charge is 2.19. The van der Waals surface area contributed by atoms with E-state index in [1.54, 1.807) is 0 Å². The van der Waals surface area contributed by atoms with Crippen molar-refractivity contribution < 1.29 is 5.11 Å². The molecule has 1 aromatic heterocycles. The van der Waals surface area contributed by atoms with Crippen LogP contribution in [0.5, 0.6) is 0 Å². The van der Waals surface area contributed by atoms with Gasteiger partial charge in [0.05, 0.1) is 6.10 Å². The maximum absolute atomic E-state index is 9.37. The van der Waals surface area contributed by atoms with Crippen molar-refractivity contribution >= 4 is 32.4 Å². The summed E-state index contributed by atoms with van der Waals surface area (Å²) in [6.45, 7) is 0.939. The van der Waals surface area contributed by atoms with Gasteiger partial charge in [-0.3, -0.25) is 0 Å². The molecule has 1 aliphatic carbocycles. The standard InChI is InChI=1S/C9H14BrN3OS/c10-8-12-13-9(15-8)11-5-6-1-3-7(14)4-2-6/h6-7,14H,1-5H2,(H,11,13). The number of hydrogen-bond donors (Lipinski definition) is 2. The molecule has 0 aromatic carbocycles. The lowest BCUT2D eigenvalue weighted by Crippen LogP contribution is -2.23. The van der Waals surface area contributed by atoms with Crippen LogP contribution in [0.15, 0.2) is 3.92 Å². The van der Waals surface area contributed by atoms with E-state index >= 15 is 0 Å². The topological polar surface area (TPSA) is 58.0 Å². The maximum atomic E-state index is 9.37. The quantitative estimate of drug-likeness (QED) is 0.897. The summed E-state index contributed by atoms with van der Waals surface area (Å²) in [5, 5.41) is 21.4. The summed E-state index contributed by atoms with van der Waals surface area (Å²) in [6.07, 6.45) is 4.01. The van der Waals surface area contributed by atoms with Crippen molar-refractivity contribution in [2.45, 2.75) is 31.8 Å². The van der Waals surface area contributed by atoms with E-state index in [1.165, 1.54) is 11.3 Å². The first-order valence-corrected chi connectivity index (χ1v) is 6.76. The number of halogens is 1. The first-order valence-electron chi connectivity index (χ1n) is 5.15. The predicted molar refractivity (Wildman–Crippen MR) is 64.1 cm³/mol. The molecular formula is C9H14BrN3OS. The zero-order valence-electron chi connectivity index (χ0n) is 8.32. The molecule has 0 spiro atoms. The van der Waals surface area contributed by atoms with Crippen molar-refractivity contribution in [1.82, 2.24) is 10.2 Å². The Kier molecular flexibility index (Phi) is 3.93. The van der Waals surface area contributed by atoms with Crippen molar-refractivity contribution in [3.8, 4) is 0 Å². The predicted octanol–water partition coefficient (Wildman–Crippen LogP) is 2.26. The van der Waals surface area contributed by atoms with Gasteiger partial charge in [-0.05, 0) is 47.5 Å². The first-order chi connectivity index (χ1) is 7.24. The molecule has 0 amide bonds. The Balaban J connectivity index is 1.74. The van der Waals surface area contributed by atoms with E-state index in [-0.39, 0.29) is 6.10 Å². The van der Waals surface area contributed by atoms with Gasteiger partial charge in [-0.1, -0.05) is 11.3 Å². The highest BCUT2D eigenvalue weighted by Crippen LogP contribution is 2.25. The van der Waals surface area contributed by atoms with E-state index in [1.807, 2.05) is 0 Å². The highest BCUT2D eigenvalue weighted by atomic mass is 79.9. The summed E-state index contributed by atoms with van der Waals surface area (Å²) in [5.74, 6) is 0.663. The molecule has 1 saturated carbocycles. The number of aliphatic hydroxyl groups excluding tert-OH is 1. The van der Waals surface area contributed by atoms with Crippen LogP contribution in [0.25, 0.3) is 0 Å². The summed E-state index contributed by atoms with van der Waals surface area (Å²) in [4.78, 5) is 0. The number of nitrogens with zero attached hydrogens (tertiary/aromatic N) is 2. The van der Waals surface area contributed by atoms with Crippen molar-refractivity contribution in [2.24, 2.45) is 5.92 Å². The molecule has 0 saturated heterocycles. The fourth-order valence-corrected chi connectivity index (χ4v) is 2.88. The molecule has 4 nitrogen and oxygen atoms in total. The summed E-state index contributed by atoms with van der Waals surface area (Å²) >= 11 is 4.79. The third-order valence-corrected chi connectivity index (χ3v) is 4.07. The van der Waals surface area contributed by atoms with Crippen molar-refractivity contribution in [3.63, 3.8) is 0 Å². The molecule has 1 fully saturated rings. The van der Waals surface area contributed by atoms with Gasteiger partial charge in [-0.2, -0.15) is 0 Å². The second-order valence-corrected chi connectivity index (χ2v) is 6.17. The maximum Gasteiger partial charge on any atom is 0.206 e. The van der Waals surface area contributed by atoms with Gasteiger partial charge in [0.2, 0.25) is 5.13 Å². The second kappa shape index (κ2) is 5.23. The molecule has 0 radical (unpaired) electrons. The number of aromatic nitrogens is 2. The van der Waals surface area contributed by atoms with Crippen LogP contribution in [0, 0.1) is 5.92 Å². The van der Waals surface area contributed by atoms with Crippen LogP contribution >= 0.6 is 27.3 Å². The molecule has 0 atom stereocenters. The lowest BCUT2D eigenvalue weighted by Gasteiger charge is -2.25. The molecule has 6 heteroatoms. The largest absolute Gasteiger partial charge is 0.393 e. The van der Waals surface area contributed by atoms with Crippen LogP contribution in [0.1, 0.15) is 25.7 Å². The number of rotatable bonds is 3. The Bertz CT molecular complexity index is 312. The lowest BCUT2D eigenvalue weighted by molar-refractivity contribution is 0.111. The SMILES string of the molecule is OC1CCC(CNc2nnc(Br)s2)CC1. The molecule has 0 aliphatic heterocycles. The number of nitrogens with one attached hydrogen (secondary N) is 1. The smallest absolute Gasteiger partial charge is 0.206 e. The molecule has 2 rings (SSSR count). The molecule has 1 aromatic rings. The van der Waals surface area contributed by atoms with Gasteiger partial charge in [0.25, 0.3) is 0 Å². The van der Waals surface area contributed by atoms with E-state index in [4.69, 9.17) is 0 Å². The fourth-order valence-electron chi connectivity index (χ4n) is 1.86. The minimum atomic E-state index is -0.0723. The van der Waals surface area contributed by atoms with Crippen LogP contribution < -0.4 is 5.32 Å². The Labute approximate surface area is 101 Å². The van der Waals surface area contributed by atoms with Gasteiger partial charge in [0.1, 0.15) is 0 Å². The molecule has 15 heavy (non-hydrogen) atoms. The Morgan fingerprint density at radius 1 is 1.33 bits per heavy atom. The molecular weight excluding hydrogens is 278 g/mol. The van der Waals surface area contributed by atoms with Crippen LogP contribution in [0.2, 0.25) is 0 Å². The minimum absolute atomic E-state index is 0.0723. The highest BCUT2D eigenvalue weighted by molar-refractivity contribution is 9.11. The third kappa shape index (κ3) is 3.39. The normalized spacial score (nSPS) is 26.5. The van der Waals surface area contributed by atoms with Gasteiger partial charge in [0.15, 0.2) is 3.92 Å². The van der Waals surface area contributed by atoms with Crippen LogP contribution in [-0.4, -0.2) is 28.0 Å². The average molecular weight is 292 g/mol. The number of aliphatic hydroxyl groups is 1. The Morgan fingerprint density at radius 3 is 2.67 bits per heavy atom. The summed E-state index contributed by atoms with van der Waals surface area (Å²) in [6, 6.07) is 0. The molecule has 1 aliphatic rings. The van der Waals surface area contributed by atoms with Crippen molar-refractivity contribution in [1.29, 1.82) is 0 Å². The van der Waals surface area contributed by atoms with Gasteiger partial charge in [0, 0.05) is 6.54 Å². The van der Waals surface area contributed by atoms with E-state index in [9.17, 15) is 5.11 Å². The molecule has 0 bridgehead atoms. The van der Waals surface area contributed by atoms with Crippen LogP contribution in [0.4, 0.5) is 5.13 Å². The van der Waals surface area contributed by atoms with Gasteiger partial charge in [-0.25, -0.2) is 0 Å². The molecule has 84 valence electrons. The number of anilines is 1. The van der Waals surface area contributed by atoms with Gasteiger partial charge in [-0.15, -0.1) is 10.2 Å². The second-order valence-electron chi connectivity index (χ2n) is 3.92. The molecule has 0 unspecified atom stereocenters. The monoisotopic (exact) mass is 291 g/mol. The molecule has 1 heterocycles. The Hall–Kier alpha value is -0.200. The zero-order valence-corrected chi connectivity index (χ0v) is 10.7. The summed E-state index contributed by atoms with van der Waals surface area (Å²) in [7, 11) is 0.